The van der Waals surface area contributed by atoms with Crippen LogP contribution in [-0.2, 0) is 9.59 Å². The Hall–Kier alpha value is -4.06. The Kier molecular flexibility index (Phi) is 4.70. The van der Waals surface area contributed by atoms with Gasteiger partial charge in [-0.25, -0.2) is 4.90 Å². The summed E-state index contributed by atoms with van der Waals surface area (Å²) in [6, 6.07) is 18.5. The van der Waals surface area contributed by atoms with Crippen LogP contribution in [0.2, 0.25) is 0 Å². The van der Waals surface area contributed by atoms with Gasteiger partial charge in [0.15, 0.2) is 11.5 Å². The number of imide groups is 1. The van der Waals surface area contributed by atoms with Crippen LogP contribution in [0.5, 0.6) is 11.5 Å². The van der Waals surface area contributed by atoms with Crippen LogP contribution in [0.1, 0.15) is 22.3 Å². The molecule has 0 aromatic heterocycles. The molecule has 5 rings (SSSR count). The van der Waals surface area contributed by atoms with Crippen LogP contribution in [0.3, 0.4) is 0 Å². The lowest BCUT2D eigenvalue weighted by atomic mass is 10.0. The van der Waals surface area contributed by atoms with E-state index >= 15 is 0 Å². The molecule has 0 aliphatic carbocycles. The second kappa shape index (κ2) is 7.57. The molecule has 0 saturated carbocycles. The van der Waals surface area contributed by atoms with Gasteiger partial charge in [-0.3, -0.25) is 9.59 Å². The molecule has 0 fully saturated rings. The Labute approximate surface area is 186 Å². The topological polar surface area (TPSA) is 67.9 Å². The third-order valence-electron chi connectivity index (χ3n) is 5.88. The average molecular weight is 426 g/mol. The first-order valence-corrected chi connectivity index (χ1v) is 10.4. The van der Waals surface area contributed by atoms with Crippen molar-refractivity contribution in [3.63, 3.8) is 0 Å². The number of fused-ring (bicyclic) bond motifs is 1. The predicted octanol–water partition coefficient (Wildman–Crippen LogP) is 4.74. The largest absolute Gasteiger partial charge is 0.454 e. The summed E-state index contributed by atoms with van der Waals surface area (Å²) >= 11 is 0. The maximum atomic E-state index is 13.6. The van der Waals surface area contributed by atoms with Crippen LogP contribution in [0, 0.1) is 20.8 Å². The van der Waals surface area contributed by atoms with Crippen molar-refractivity contribution in [3.8, 4) is 11.5 Å². The van der Waals surface area contributed by atoms with Gasteiger partial charge < -0.3 is 14.8 Å². The molecule has 2 aliphatic rings. The van der Waals surface area contributed by atoms with E-state index in [2.05, 4.69) is 5.32 Å². The standard InChI is InChI=1S/C26H22N2O4/c1-15-7-9-18(10-8-15)23-24(27-19-11-12-21-22(13-19)32-14-31-21)26(30)28(25(23)29)20-6-4-5-16(2)17(20)3/h4-13,27H,14H2,1-3H3. The molecule has 32 heavy (non-hydrogen) atoms. The molecule has 0 unspecified atom stereocenters. The summed E-state index contributed by atoms with van der Waals surface area (Å²) in [5, 5.41) is 3.18. The summed E-state index contributed by atoms with van der Waals surface area (Å²) in [5.74, 6) is 0.498. The zero-order valence-electron chi connectivity index (χ0n) is 18.1. The quantitative estimate of drug-likeness (QED) is 0.611. The van der Waals surface area contributed by atoms with Gasteiger partial charge in [0.05, 0.1) is 11.3 Å². The average Bonchev–Trinajstić information content (AvgIpc) is 3.34. The Morgan fingerprint density at radius 1 is 0.844 bits per heavy atom. The minimum atomic E-state index is -0.392. The molecule has 0 radical (unpaired) electrons. The van der Waals surface area contributed by atoms with Crippen molar-refractivity contribution in [2.45, 2.75) is 20.8 Å². The third-order valence-corrected chi connectivity index (χ3v) is 5.88. The fourth-order valence-electron chi connectivity index (χ4n) is 3.95. The highest BCUT2D eigenvalue weighted by Crippen LogP contribution is 2.38. The number of aryl methyl sites for hydroxylation is 2. The van der Waals surface area contributed by atoms with E-state index in [4.69, 9.17) is 9.47 Å². The molecule has 0 spiro atoms. The minimum absolute atomic E-state index is 0.161. The van der Waals surface area contributed by atoms with Gasteiger partial charge in [-0.15, -0.1) is 0 Å². The van der Waals surface area contributed by atoms with Gasteiger partial charge in [-0.05, 0) is 55.7 Å². The molecule has 6 nitrogen and oxygen atoms in total. The molecule has 3 aromatic rings. The number of ether oxygens (including phenoxy) is 2. The lowest BCUT2D eigenvalue weighted by Gasteiger charge is -2.19. The Morgan fingerprint density at radius 3 is 2.38 bits per heavy atom. The first kappa shape index (κ1) is 19.9. The Bertz CT molecular complexity index is 1290. The van der Waals surface area contributed by atoms with Gasteiger partial charge in [-0.2, -0.15) is 0 Å². The molecule has 2 aliphatic heterocycles. The first-order chi connectivity index (χ1) is 15.4. The van der Waals surface area contributed by atoms with E-state index in [1.165, 1.54) is 4.90 Å². The summed E-state index contributed by atoms with van der Waals surface area (Å²) in [6.07, 6.45) is 0. The van der Waals surface area contributed by atoms with Crippen molar-refractivity contribution >= 4 is 28.8 Å². The summed E-state index contributed by atoms with van der Waals surface area (Å²) in [5.41, 5.74) is 5.46. The van der Waals surface area contributed by atoms with Crippen molar-refractivity contribution in [3.05, 3.63) is 88.6 Å². The van der Waals surface area contributed by atoms with Gasteiger partial charge in [0.1, 0.15) is 5.70 Å². The van der Waals surface area contributed by atoms with E-state index in [9.17, 15) is 9.59 Å². The van der Waals surface area contributed by atoms with E-state index in [0.29, 0.717) is 34.0 Å². The van der Waals surface area contributed by atoms with Crippen LogP contribution in [0.25, 0.3) is 5.57 Å². The number of nitrogens with zero attached hydrogens (tertiary/aromatic N) is 1. The van der Waals surface area contributed by atoms with E-state index < -0.39 is 5.91 Å². The summed E-state index contributed by atoms with van der Waals surface area (Å²) in [4.78, 5) is 28.5. The van der Waals surface area contributed by atoms with Crippen molar-refractivity contribution in [2.75, 3.05) is 17.0 Å². The van der Waals surface area contributed by atoms with Gasteiger partial charge in [0, 0.05) is 11.8 Å². The highest BCUT2D eigenvalue weighted by Gasteiger charge is 2.41. The number of amides is 2. The smallest absolute Gasteiger partial charge is 0.282 e. The number of carbonyl (C=O) groups is 2. The Balaban J connectivity index is 1.62. The SMILES string of the molecule is Cc1ccc(C2=C(Nc3ccc4c(c3)OCO4)C(=O)N(c3cccc(C)c3C)C2=O)cc1. The molecule has 3 aromatic carbocycles. The summed E-state index contributed by atoms with van der Waals surface area (Å²) in [7, 11) is 0. The minimum Gasteiger partial charge on any atom is -0.454 e. The van der Waals surface area contributed by atoms with Crippen LogP contribution in [0.4, 0.5) is 11.4 Å². The number of anilines is 2. The molecule has 6 heteroatoms. The molecular formula is C26H22N2O4. The fraction of sp³-hybridized carbons (Fsp3) is 0.154. The summed E-state index contributed by atoms with van der Waals surface area (Å²) in [6.45, 7) is 6.02. The van der Waals surface area contributed by atoms with E-state index in [1.54, 1.807) is 24.3 Å². The van der Waals surface area contributed by atoms with Gasteiger partial charge in [0.2, 0.25) is 6.79 Å². The van der Waals surface area contributed by atoms with E-state index in [0.717, 1.165) is 16.7 Å². The zero-order valence-corrected chi connectivity index (χ0v) is 18.1. The Morgan fingerprint density at radius 2 is 1.59 bits per heavy atom. The molecular weight excluding hydrogens is 404 g/mol. The van der Waals surface area contributed by atoms with Crippen LogP contribution >= 0.6 is 0 Å². The number of hydrogen-bond donors (Lipinski definition) is 1. The number of benzene rings is 3. The number of carbonyl (C=O) groups excluding carboxylic acids is 2. The maximum Gasteiger partial charge on any atom is 0.282 e. The second-order valence-corrected chi connectivity index (χ2v) is 7.97. The van der Waals surface area contributed by atoms with Crippen molar-refractivity contribution in [1.29, 1.82) is 0 Å². The molecule has 0 atom stereocenters. The van der Waals surface area contributed by atoms with E-state index in [1.807, 2.05) is 57.2 Å². The first-order valence-electron chi connectivity index (χ1n) is 10.4. The van der Waals surface area contributed by atoms with Crippen LogP contribution in [-0.4, -0.2) is 18.6 Å². The molecule has 2 amide bonds. The second-order valence-electron chi connectivity index (χ2n) is 7.97. The highest BCUT2D eigenvalue weighted by molar-refractivity contribution is 6.46. The normalized spacial score (nSPS) is 15.0. The lowest BCUT2D eigenvalue weighted by Crippen LogP contribution is -2.33. The summed E-state index contributed by atoms with van der Waals surface area (Å²) < 4.78 is 10.8. The number of hydrogen-bond acceptors (Lipinski definition) is 5. The van der Waals surface area contributed by atoms with Crippen molar-refractivity contribution in [2.24, 2.45) is 0 Å². The van der Waals surface area contributed by atoms with Gasteiger partial charge in [-0.1, -0.05) is 42.0 Å². The maximum absolute atomic E-state index is 13.6. The van der Waals surface area contributed by atoms with Crippen LogP contribution < -0.4 is 19.7 Å². The van der Waals surface area contributed by atoms with E-state index in [-0.39, 0.29) is 18.4 Å². The lowest BCUT2D eigenvalue weighted by molar-refractivity contribution is -0.120. The van der Waals surface area contributed by atoms with Crippen molar-refractivity contribution in [1.82, 2.24) is 0 Å². The van der Waals surface area contributed by atoms with Gasteiger partial charge >= 0.3 is 0 Å². The highest BCUT2D eigenvalue weighted by atomic mass is 16.7. The van der Waals surface area contributed by atoms with Crippen molar-refractivity contribution < 1.29 is 19.1 Å². The third kappa shape index (κ3) is 3.21. The monoisotopic (exact) mass is 426 g/mol. The fourth-order valence-corrected chi connectivity index (χ4v) is 3.95. The molecule has 1 N–H and O–H groups in total. The molecule has 0 bridgehead atoms. The van der Waals surface area contributed by atoms with Crippen LogP contribution in [0.15, 0.2) is 66.4 Å². The number of rotatable bonds is 4. The predicted molar refractivity (Wildman–Crippen MR) is 123 cm³/mol. The molecule has 2 heterocycles. The molecule has 160 valence electrons. The van der Waals surface area contributed by atoms with Gasteiger partial charge in [0.25, 0.3) is 11.8 Å². The zero-order chi connectivity index (χ0) is 22.4. The molecule has 0 saturated heterocycles. The number of nitrogens with one attached hydrogen (secondary N) is 1.